The molecule has 0 aliphatic carbocycles. The van der Waals surface area contributed by atoms with Crippen LogP contribution in [0.3, 0.4) is 0 Å². The van der Waals surface area contributed by atoms with Crippen molar-refractivity contribution >= 4 is 11.9 Å². The van der Waals surface area contributed by atoms with Crippen LogP contribution in [0, 0.1) is 17.7 Å². The zero-order valence-corrected chi connectivity index (χ0v) is 9.83. The topological polar surface area (TPSA) is 96.0 Å². The highest BCUT2D eigenvalue weighted by molar-refractivity contribution is 5.94. The molecule has 0 fully saturated rings. The van der Waals surface area contributed by atoms with Gasteiger partial charge in [-0.3, -0.25) is 15.7 Å². The van der Waals surface area contributed by atoms with Gasteiger partial charge >= 0.3 is 0 Å². The van der Waals surface area contributed by atoms with E-state index in [-0.39, 0.29) is 11.9 Å². The van der Waals surface area contributed by atoms with E-state index in [1.165, 1.54) is 4.90 Å². The molecule has 0 aliphatic heterocycles. The van der Waals surface area contributed by atoms with Gasteiger partial charge in [0.15, 0.2) is 11.9 Å². The molecule has 0 aromatic carbocycles. The number of rotatable bonds is 2. The molecule has 0 spiro atoms. The van der Waals surface area contributed by atoms with Crippen molar-refractivity contribution in [2.45, 2.75) is 13.5 Å². The van der Waals surface area contributed by atoms with E-state index < -0.39 is 0 Å². The van der Waals surface area contributed by atoms with Crippen LogP contribution in [0.2, 0.25) is 0 Å². The van der Waals surface area contributed by atoms with E-state index in [1.54, 1.807) is 19.0 Å². The summed E-state index contributed by atoms with van der Waals surface area (Å²) in [5.41, 5.74) is 7.60. The van der Waals surface area contributed by atoms with Crippen LogP contribution >= 0.6 is 0 Å². The first kappa shape index (κ1) is 12.1. The Hall–Kier alpha value is -1.98. The fraction of sp³-hybridized carbons (Fsp3) is 0.400. The summed E-state index contributed by atoms with van der Waals surface area (Å²) in [5.74, 6) is 0.0655. The second-order valence-electron chi connectivity index (χ2n) is 3.79. The fourth-order valence-corrected chi connectivity index (χ4v) is 1.34. The Morgan fingerprint density at radius 1 is 1.38 bits per heavy atom. The van der Waals surface area contributed by atoms with Gasteiger partial charge in [-0.15, -0.1) is 0 Å². The maximum absolute atomic E-state index is 7.82. The molecule has 88 valence electrons. The van der Waals surface area contributed by atoms with Crippen LogP contribution in [0.4, 0.5) is 0 Å². The quantitative estimate of drug-likeness (QED) is 0.434. The zero-order valence-electron chi connectivity index (χ0n) is 9.83. The maximum Gasteiger partial charge on any atom is 0.200 e. The highest BCUT2D eigenvalue weighted by Gasteiger charge is 2.13. The molecule has 0 saturated carbocycles. The summed E-state index contributed by atoms with van der Waals surface area (Å²) in [4.78, 5) is 6.07. The summed E-state index contributed by atoms with van der Waals surface area (Å²) in [6.45, 7) is 2.63. The van der Waals surface area contributed by atoms with E-state index >= 15 is 0 Å². The Kier molecular flexibility index (Phi) is 3.55. The lowest BCUT2D eigenvalue weighted by molar-refractivity contribution is 0.440. The molecule has 6 nitrogen and oxygen atoms in total. The molecule has 0 unspecified atom stereocenters. The molecule has 5 N–H and O–H groups in total. The Morgan fingerprint density at radius 2 is 2.00 bits per heavy atom. The molecule has 0 bridgehead atoms. The molecule has 0 saturated heterocycles. The summed E-state index contributed by atoms with van der Waals surface area (Å²) in [5, 5.41) is 15.1. The van der Waals surface area contributed by atoms with Crippen molar-refractivity contribution in [3.05, 3.63) is 23.5 Å². The Morgan fingerprint density at radius 3 is 2.44 bits per heavy atom. The summed E-state index contributed by atoms with van der Waals surface area (Å²) < 4.78 is 0. The minimum absolute atomic E-state index is 0.136. The van der Waals surface area contributed by atoms with Crippen LogP contribution in [-0.4, -0.2) is 40.8 Å². The number of hydrogen-bond acceptors (Lipinski definition) is 2. The van der Waals surface area contributed by atoms with Crippen molar-refractivity contribution in [2.24, 2.45) is 5.73 Å². The number of nitrogens with one attached hydrogen (secondary N) is 3. The number of aromatic amines is 1. The molecule has 16 heavy (non-hydrogen) atoms. The van der Waals surface area contributed by atoms with E-state index in [9.17, 15) is 0 Å². The smallest absolute Gasteiger partial charge is 0.200 e. The van der Waals surface area contributed by atoms with Crippen molar-refractivity contribution in [1.29, 1.82) is 10.8 Å². The van der Waals surface area contributed by atoms with Crippen LogP contribution in [0.1, 0.15) is 11.1 Å². The number of aromatic nitrogens is 1. The van der Waals surface area contributed by atoms with Crippen molar-refractivity contribution in [3.63, 3.8) is 0 Å². The van der Waals surface area contributed by atoms with E-state index in [4.69, 9.17) is 16.6 Å². The fourth-order valence-electron chi connectivity index (χ4n) is 1.34. The molecule has 1 rings (SSSR count). The number of guanidine groups is 2. The van der Waals surface area contributed by atoms with Gasteiger partial charge in [0.2, 0.25) is 0 Å². The average Bonchev–Trinajstić information content (AvgIpc) is 2.62. The summed E-state index contributed by atoms with van der Waals surface area (Å²) >= 11 is 0. The summed E-state index contributed by atoms with van der Waals surface area (Å²) in [7, 11) is 3.40. The van der Waals surface area contributed by atoms with Crippen molar-refractivity contribution in [2.75, 3.05) is 14.1 Å². The molecular weight excluding hydrogens is 204 g/mol. The third-order valence-electron chi connectivity index (χ3n) is 2.51. The van der Waals surface area contributed by atoms with Crippen LogP contribution in [0.15, 0.2) is 12.4 Å². The van der Waals surface area contributed by atoms with Gasteiger partial charge in [-0.25, -0.2) is 0 Å². The summed E-state index contributed by atoms with van der Waals surface area (Å²) in [6, 6.07) is 0. The highest BCUT2D eigenvalue weighted by atomic mass is 15.4. The SMILES string of the molecule is Cc1c[nH]cc1CN(C)C(=N)N(C)C(=N)N. The lowest BCUT2D eigenvalue weighted by Crippen LogP contribution is -2.45. The first-order chi connectivity index (χ1) is 7.43. The predicted molar refractivity (Wildman–Crippen MR) is 64.4 cm³/mol. The maximum atomic E-state index is 7.82. The van der Waals surface area contributed by atoms with Gasteiger partial charge in [-0.05, 0) is 18.1 Å². The van der Waals surface area contributed by atoms with Crippen LogP contribution in [0.25, 0.3) is 0 Å². The van der Waals surface area contributed by atoms with Gasteiger partial charge in [-0.2, -0.15) is 0 Å². The monoisotopic (exact) mass is 222 g/mol. The molecule has 0 amide bonds. The van der Waals surface area contributed by atoms with E-state index in [0.717, 1.165) is 11.1 Å². The van der Waals surface area contributed by atoms with Gasteiger partial charge in [0.1, 0.15) is 0 Å². The molecule has 1 heterocycles. The van der Waals surface area contributed by atoms with Crippen molar-refractivity contribution in [1.82, 2.24) is 14.8 Å². The van der Waals surface area contributed by atoms with Crippen molar-refractivity contribution < 1.29 is 0 Å². The molecule has 0 radical (unpaired) electrons. The standard InChI is InChI=1S/C10H18N6/c1-7-4-14-5-8(7)6-15(2)10(13)16(3)9(11)12/h4-5,13-14H,6H2,1-3H3,(H3,11,12). The van der Waals surface area contributed by atoms with Crippen LogP contribution in [0.5, 0.6) is 0 Å². The highest BCUT2D eigenvalue weighted by Crippen LogP contribution is 2.09. The number of nitrogens with zero attached hydrogens (tertiary/aromatic N) is 2. The van der Waals surface area contributed by atoms with Crippen molar-refractivity contribution in [3.8, 4) is 0 Å². The van der Waals surface area contributed by atoms with Crippen LogP contribution in [-0.2, 0) is 6.54 Å². The minimum atomic E-state index is -0.136. The Labute approximate surface area is 95.1 Å². The molecule has 0 atom stereocenters. The van der Waals surface area contributed by atoms with Gasteiger partial charge in [0.05, 0.1) is 0 Å². The van der Waals surface area contributed by atoms with Gasteiger partial charge in [0.25, 0.3) is 0 Å². The van der Waals surface area contributed by atoms with Crippen LogP contribution < -0.4 is 5.73 Å². The third kappa shape index (κ3) is 2.53. The predicted octanol–water partition coefficient (Wildman–Crippen LogP) is 0.515. The average molecular weight is 222 g/mol. The van der Waals surface area contributed by atoms with Gasteiger partial charge < -0.3 is 15.6 Å². The molecule has 1 aromatic heterocycles. The van der Waals surface area contributed by atoms with Gasteiger partial charge in [-0.1, -0.05) is 0 Å². The van der Waals surface area contributed by atoms with Gasteiger partial charge in [0, 0.05) is 33.0 Å². The lowest BCUT2D eigenvalue weighted by atomic mass is 10.2. The number of aryl methyl sites for hydroxylation is 1. The number of H-pyrrole nitrogens is 1. The lowest BCUT2D eigenvalue weighted by Gasteiger charge is -2.26. The molecule has 0 aliphatic rings. The Bertz CT molecular complexity index is 394. The van der Waals surface area contributed by atoms with E-state index in [0.29, 0.717) is 6.54 Å². The number of nitrogens with two attached hydrogens (primary N) is 1. The minimum Gasteiger partial charge on any atom is -0.370 e. The Balaban J connectivity index is 2.66. The normalized spacial score (nSPS) is 9.94. The first-order valence-electron chi connectivity index (χ1n) is 4.93. The zero-order chi connectivity index (χ0) is 12.3. The number of hydrogen-bond donors (Lipinski definition) is 4. The molecule has 6 heteroatoms. The third-order valence-corrected chi connectivity index (χ3v) is 2.51. The first-order valence-corrected chi connectivity index (χ1v) is 4.93. The van der Waals surface area contributed by atoms with E-state index in [2.05, 4.69) is 4.98 Å². The largest absolute Gasteiger partial charge is 0.370 e. The van der Waals surface area contributed by atoms with E-state index in [1.807, 2.05) is 19.3 Å². The molecule has 1 aromatic rings. The second-order valence-corrected chi connectivity index (χ2v) is 3.79. The molecular formula is C10H18N6. The second kappa shape index (κ2) is 4.69. The summed E-state index contributed by atoms with van der Waals surface area (Å²) in [6.07, 6.45) is 3.83.